The van der Waals surface area contributed by atoms with Crippen LogP contribution in [0.2, 0.25) is 15.1 Å². The van der Waals surface area contributed by atoms with E-state index in [0.717, 1.165) is 0 Å². The molecule has 7 heteroatoms. The van der Waals surface area contributed by atoms with E-state index in [2.05, 4.69) is 20.9 Å². The van der Waals surface area contributed by atoms with Gasteiger partial charge in [-0.2, -0.15) is 5.26 Å². The van der Waals surface area contributed by atoms with Crippen molar-refractivity contribution < 1.29 is 4.74 Å². The first-order valence-corrected chi connectivity index (χ1v) is 6.82. The number of pyridine rings is 1. The lowest BCUT2D eigenvalue weighted by Crippen LogP contribution is -1.92. The highest BCUT2D eigenvalue weighted by Gasteiger charge is 2.13. The summed E-state index contributed by atoms with van der Waals surface area (Å²) in [4.78, 5) is 3.96. The lowest BCUT2D eigenvalue weighted by atomic mass is 10.3. The summed E-state index contributed by atoms with van der Waals surface area (Å²) in [6.07, 6.45) is 1.42. The highest BCUT2D eigenvalue weighted by atomic mass is 79.9. The average molecular weight is 378 g/mol. The molecule has 2 aromatic rings. The summed E-state index contributed by atoms with van der Waals surface area (Å²) in [7, 11) is 0. The van der Waals surface area contributed by atoms with Gasteiger partial charge in [-0.15, -0.1) is 0 Å². The van der Waals surface area contributed by atoms with Gasteiger partial charge < -0.3 is 4.74 Å². The van der Waals surface area contributed by atoms with Gasteiger partial charge in [-0.25, -0.2) is 4.98 Å². The van der Waals surface area contributed by atoms with Crippen LogP contribution >= 0.6 is 50.7 Å². The molecule has 96 valence electrons. The Labute approximate surface area is 132 Å². The molecule has 0 saturated heterocycles. The van der Waals surface area contributed by atoms with Crippen LogP contribution in [0.4, 0.5) is 0 Å². The molecule has 19 heavy (non-hydrogen) atoms. The normalized spacial score (nSPS) is 10.1. The van der Waals surface area contributed by atoms with Crippen LogP contribution in [-0.2, 0) is 0 Å². The van der Waals surface area contributed by atoms with Crippen molar-refractivity contribution in [1.82, 2.24) is 4.98 Å². The standard InChI is InChI=1S/C12H4BrCl3N2O/c13-7-3-9(15)10(4-8(7)14)19-12-11(16)6(5-17)1-2-18-12/h1-4H. The number of nitrogens with zero attached hydrogens (tertiary/aromatic N) is 2. The number of ether oxygens (including phenoxy) is 1. The quantitative estimate of drug-likeness (QED) is 0.651. The second-order valence-electron chi connectivity index (χ2n) is 3.39. The molecule has 1 heterocycles. The van der Waals surface area contributed by atoms with E-state index in [0.29, 0.717) is 20.3 Å². The van der Waals surface area contributed by atoms with Gasteiger partial charge in [0.1, 0.15) is 16.8 Å². The Morgan fingerprint density at radius 2 is 1.95 bits per heavy atom. The van der Waals surface area contributed by atoms with Gasteiger partial charge in [0.25, 0.3) is 0 Å². The first kappa shape index (κ1) is 14.4. The summed E-state index contributed by atoms with van der Waals surface area (Å²) in [5.41, 5.74) is 0.269. The fraction of sp³-hybridized carbons (Fsp3) is 0. The minimum Gasteiger partial charge on any atom is -0.436 e. The molecule has 0 N–H and O–H groups in total. The van der Waals surface area contributed by atoms with Gasteiger partial charge >= 0.3 is 0 Å². The zero-order valence-electron chi connectivity index (χ0n) is 9.12. The minimum absolute atomic E-state index is 0.0982. The van der Waals surface area contributed by atoms with Gasteiger partial charge in [0, 0.05) is 16.7 Å². The lowest BCUT2D eigenvalue weighted by molar-refractivity contribution is 0.463. The SMILES string of the molecule is N#Cc1ccnc(Oc2cc(Cl)c(Br)cc2Cl)c1Cl. The van der Waals surface area contributed by atoms with Gasteiger partial charge in [0.05, 0.1) is 15.6 Å². The van der Waals surface area contributed by atoms with Crippen LogP contribution in [-0.4, -0.2) is 4.98 Å². The number of aromatic nitrogens is 1. The largest absolute Gasteiger partial charge is 0.436 e. The Hall–Kier alpha value is -0.990. The maximum atomic E-state index is 8.87. The fourth-order valence-electron chi connectivity index (χ4n) is 1.27. The summed E-state index contributed by atoms with van der Waals surface area (Å²) >= 11 is 21.2. The molecular weight excluding hydrogens is 374 g/mol. The van der Waals surface area contributed by atoms with Crippen LogP contribution in [0.15, 0.2) is 28.9 Å². The molecule has 1 aromatic heterocycles. The van der Waals surface area contributed by atoms with Crippen molar-refractivity contribution in [3.8, 4) is 17.7 Å². The molecule has 0 atom stereocenters. The summed E-state index contributed by atoms with van der Waals surface area (Å²) in [6, 6.07) is 6.56. The van der Waals surface area contributed by atoms with Crippen molar-refractivity contribution in [2.24, 2.45) is 0 Å². The van der Waals surface area contributed by atoms with Crippen LogP contribution in [0.25, 0.3) is 0 Å². The topological polar surface area (TPSA) is 45.9 Å². The Kier molecular flexibility index (Phi) is 4.54. The van der Waals surface area contributed by atoms with E-state index in [-0.39, 0.29) is 16.5 Å². The molecule has 0 radical (unpaired) electrons. The van der Waals surface area contributed by atoms with Gasteiger partial charge in [-0.3, -0.25) is 0 Å². The van der Waals surface area contributed by atoms with E-state index in [1.807, 2.05) is 6.07 Å². The number of hydrogen-bond acceptors (Lipinski definition) is 3. The molecule has 0 bridgehead atoms. The molecule has 0 aliphatic carbocycles. The van der Waals surface area contributed by atoms with Crippen molar-refractivity contribution in [1.29, 1.82) is 5.26 Å². The molecule has 3 nitrogen and oxygen atoms in total. The van der Waals surface area contributed by atoms with Crippen LogP contribution in [0, 0.1) is 11.3 Å². The molecule has 0 fully saturated rings. The second-order valence-corrected chi connectivity index (χ2v) is 5.43. The van der Waals surface area contributed by atoms with E-state index >= 15 is 0 Å². The van der Waals surface area contributed by atoms with E-state index in [4.69, 9.17) is 44.8 Å². The molecule has 0 aliphatic rings. The number of benzene rings is 1. The Bertz CT molecular complexity index is 685. The summed E-state index contributed by atoms with van der Waals surface area (Å²) in [5, 5.41) is 9.78. The third-order valence-electron chi connectivity index (χ3n) is 2.16. The Morgan fingerprint density at radius 3 is 2.63 bits per heavy atom. The summed E-state index contributed by atoms with van der Waals surface area (Å²) in [5.74, 6) is 0.403. The summed E-state index contributed by atoms with van der Waals surface area (Å²) in [6.45, 7) is 0. The number of nitriles is 1. The zero-order valence-corrected chi connectivity index (χ0v) is 13.0. The maximum absolute atomic E-state index is 8.87. The van der Waals surface area contributed by atoms with Crippen molar-refractivity contribution in [2.45, 2.75) is 0 Å². The molecule has 1 aromatic carbocycles. The van der Waals surface area contributed by atoms with Crippen molar-refractivity contribution in [2.75, 3.05) is 0 Å². The Balaban J connectivity index is 2.43. The van der Waals surface area contributed by atoms with Crippen LogP contribution in [0.1, 0.15) is 5.56 Å². The molecule has 0 spiro atoms. The first-order chi connectivity index (χ1) is 9.02. The average Bonchev–Trinajstić information content (AvgIpc) is 2.38. The molecule has 0 saturated carbocycles. The minimum atomic E-state index is 0.0982. The third-order valence-corrected chi connectivity index (χ3v) is 4.02. The van der Waals surface area contributed by atoms with Crippen LogP contribution < -0.4 is 4.74 Å². The smallest absolute Gasteiger partial charge is 0.239 e. The van der Waals surface area contributed by atoms with Gasteiger partial charge in [-0.05, 0) is 28.1 Å². The van der Waals surface area contributed by atoms with E-state index in [9.17, 15) is 0 Å². The number of hydrogen-bond donors (Lipinski definition) is 0. The second kappa shape index (κ2) is 5.98. The fourth-order valence-corrected chi connectivity index (χ4v) is 2.29. The van der Waals surface area contributed by atoms with Crippen LogP contribution in [0.3, 0.4) is 0 Å². The monoisotopic (exact) mass is 376 g/mol. The maximum Gasteiger partial charge on any atom is 0.239 e. The van der Waals surface area contributed by atoms with Gasteiger partial charge in [0.15, 0.2) is 0 Å². The van der Waals surface area contributed by atoms with Crippen molar-refractivity contribution in [3.63, 3.8) is 0 Å². The van der Waals surface area contributed by atoms with E-state index in [1.54, 1.807) is 6.07 Å². The van der Waals surface area contributed by atoms with Gasteiger partial charge in [-0.1, -0.05) is 34.8 Å². The lowest BCUT2D eigenvalue weighted by Gasteiger charge is -2.09. The molecule has 0 aliphatic heterocycles. The highest BCUT2D eigenvalue weighted by Crippen LogP contribution is 2.38. The molecule has 0 unspecified atom stereocenters. The van der Waals surface area contributed by atoms with E-state index < -0.39 is 0 Å². The van der Waals surface area contributed by atoms with Gasteiger partial charge in [0.2, 0.25) is 5.88 Å². The Morgan fingerprint density at radius 1 is 1.21 bits per heavy atom. The highest BCUT2D eigenvalue weighted by molar-refractivity contribution is 9.10. The number of rotatable bonds is 2. The summed E-state index contributed by atoms with van der Waals surface area (Å²) < 4.78 is 6.14. The predicted molar refractivity (Wildman–Crippen MR) is 78.2 cm³/mol. The van der Waals surface area contributed by atoms with Crippen LogP contribution in [0.5, 0.6) is 11.6 Å². The first-order valence-electron chi connectivity index (χ1n) is 4.90. The molecule has 0 amide bonds. The zero-order chi connectivity index (χ0) is 14.0. The molecule has 2 rings (SSSR count). The van der Waals surface area contributed by atoms with E-state index in [1.165, 1.54) is 18.3 Å². The molecular formula is C12H4BrCl3N2O. The number of halogens is 4. The van der Waals surface area contributed by atoms with Crippen molar-refractivity contribution in [3.05, 3.63) is 49.5 Å². The third kappa shape index (κ3) is 3.13. The predicted octanol–water partition coefficient (Wildman–Crippen LogP) is 5.47. The van der Waals surface area contributed by atoms with Crippen molar-refractivity contribution >= 4 is 50.7 Å².